The number of carbonyl (C=O) groups excluding carboxylic acids is 10. The van der Waals surface area contributed by atoms with Crippen molar-refractivity contribution in [3.63, 3.8) is 0 Å². The number of piperidine rings is 1. The highest BCUT2D eigenvalue weighted by Gasteiger charge is 2.66. The average molecular weight is 1410 g/mol. The van der Waals surface area contributed by atoms with Crippen LogP contribution < -0.4 is 0 Å². The minimum Gasteiger partial charge on any atom is -0.462 e. The molecule has 8 aliphatic rings. The third-order valence-corrected chi connectivity index (χ3v) is 23.6. The van der Waals surface area contributed by atoms with Crippen molar-refractivity contribution < 1.29 is 100 Å². The van der Waals surface area contributed by atoms with E-state index in [1.54, 1.807) is 40.9 Å². The fourth-order valence-electron chi connectivity index (χ4n) is 17.4. The number of esters is 4. The van der Waals surface area contributed by atoms with Crippen LogP contribution >= 0.6 is 0 Å². The maximum absolute atomic E-state index is 14.7. The van der Waals surface area contributed by atoms with Crippen LogP contribution in [0.25, 0.3) is 0 Å². The lowest BCUT2D eigenvalue weighted by atomic mass is 9.52. The van der Waals surface area contributed by atoms with E-state index < -0.39 is 118 Å². The van der Waals surface area contributed by atoms with Crippen molar-refractivity contribution in [3.8, 4) is 0 Å². The van der Waals surface area contributed by atoms with Gasteiger partial charge in [-0.05, 0) is 151 Å². The number of amides is 1. The number of aliphatic hydroxyl groups excluding tert-OH is 1. The molecule has 17 atom stereocenters. The predicted octanol–water partition coefficient (Wildman–Crippen LogP) is 11.2. The number of hydrogen-bond acceptors (Lipinski definition) is 21. The Balaban J connectivity index is 0.816. The third kappa shape index (κ3) is 17.1. The second-order valence-electron chi connectivity index (χ2n) is 30.8. The minimum atomic E-state index is -2.48. The zero-order valence-corrected chi connectivity index (χ0v) is 61.3. The molecule has 2 N–H and O–H groups in total. The predicted molar refractivity (Wildman–Crippen MR) is 369 cm³/mol. The van der Waals surface area contributed by atoms with Gasteiger partial charge >= 0.3 is 23.9 Å². The first-order chi connectivity index (χ1) is 48.0. The summed E-state index contributed by atoms with van der Waals surface area (Å²) in [5.41, 5.74) is 0.0820. The van der Waals surface area contributed by atoms with Crippen LogP contribution in [0.5, 0.6) is 0 Å². The molecule has 556 valence electrons. The van der Waals surface area contributed by atoms with Gasteiger partial charge in [-0.1, -0.05) is 90.8 Å². The number of Topliss-reactive ketones (excluding diaryl/α,β-unsaturated/α-hetero) is 5. The second-order valence-corrected chi connectivity index (χ2v) is 30.8. The number of hydrogen-bond donors (Lipinski definition) is 2. The molecule has 1 aromatic rings. The van der Waals surface area contributed by atoms with Gasteiger partial charge in [-0.25, -0.2) is 9.59 Å². The van der Waals surface area contributed by atoms with Gasteiger partial charge in [0, 0.05) is 95.1 Å². The van der Waals surface area contributed by atoms with Crippen LogP contribution in [-0.4, -0.2) is 163 Å². The molecule has 2 saturated heterocycles. The number of furan rings is 1. The Bertz CT molecular complexity index is 3420. The molecule has 22 nitrogen and oxygen atoms in total. The van der Waals surface area contributed by atoms with Crippen LogP contribution in [0, 0.1) is 52.8 Å². The lowest BCUT2D eigenvalue weighted by Gasteiger charge is -2.52. The SMILES string of the molecule is COC[C@H]1OC(=O)c2coc3c2[C@@]1(C)C1=C(OC(=O)CCCCCCC(=O)OC2CCC(C[C@@H](C)[C@@H]4CC(=O)C(C)=CC(C)[C@@H](O)[C@@H](OC)C(=O)[C@H](C)C[C@H](C)C=CC=CC=C(C)[C@@H](OC)C[C@@H]5CC[C@@H](C)[C@@](O)(O5)C(=O)C(=O)N5CCCC[C@H]5C(=O)O4)CC2)C[C@]2(C)C(=O)CC[C@H]2C1C3=O. The van der Waals surface area contributed by atoms with Gasteiger partial charge in [-0.3, -0.25) is 38.4 Å². The molecular weight excluding hydrogens is 1300 g/mol. The zero-order valence-electron chi connectivity index (χ0n) is 61.3. The molecule has 1 amide bonds. The fraction of sp³-hybridized carbons (Fsp3) is 0.696. The molecule has 101 heavy (non-hydrogen) atoms. The van der Waals surface area contributed by atoms with Gasteiger partial charge in [-0.2, -0.15) is 0 Å². The monoisotopic (exact) mass is 1410 g/mol. The molecule has 9 rings (SSSR count). The first-order valence-electron chi connectivity index (χ1n) is 37.0. The Hall–Kier alpha value is -6.56. The van der Waals surface area contributed by atoms with Crippen LogP contribution in [0.1, 0.15) is 230 Å². The Morgan fingerprint density at radius 3 is 2.22 bits per heavy atom. The van der Waals surface area contributed by atoms with Gasteiger partial charge in [-0.15, -0.1) is 0 Å². The van der Waals surface area contributed by atoms with E-state index in [9.17, 15) is 58.2 Å². The van der Waals surface area contributed by atoms with E-state index in [4.69, 9.17) is 42.3 Å². The van der Waals surface area contributed by atoms with E-state index in [2.05, 4.69) is 0 Å². The first-order valence-corrected chi connectivity index (χ1v) is 37.0. The van der Waals surface area contributed by atoms with Gasteiger partial charge in [0.1, 0.15) is 53.8 Å². The summed E-state index contributed by atoms with van der Waals surface area (Å²) in [5.74, 6) is -11.2. The van der Waals surface area contributed by atoms with Crippen molar-refractivity contribution in [2.75, 3.05) is 34.5 Å². The summed E-state index contributed by atoms with van der Waals surface area (Å²) in [6.45, 7) is 16.3. The number of cyclic esters (lactones) is 2. The summed E-state index contributed by atoms with van der Waals surface area (Å²) >= 11 is 0. The van der Waals surface area contributed by atoms with Gasteiger partial charge in [0.05, 0.1) is 36.3 Å². The Morgan fingerprint density at radius 1 is 0.812 bits per heavy atom. The zero-order chi connectivity index (χ0) is 73.4. The van der Waals surface area contributed by atoms with Crippen molar-refractivity contribution in [1.29, 1.82) is 0 Å². The van der Waals surface area contributed by atoms with Crippen molar-refractivity contribution >= 4 is 58.7 Å². The largest absolute Gasteiger partial charge is 0.462 e. The fourth-order valence-corrected chi connectivity index (χ4v) is 17.4. The number of methoxy groups -OCH3 is 3. The molecule has 1 aromatic heterocycles. The van der Waals surface area contributed by atoms with E-state index in [0.29, 0.717) is 107 Å². The van der Waals surface area contributed by atoms with Crippen molar-refractivity contribution in [3.05, 3.63) is 82.1 Å². The van der Waals surface area contributed by atoms with E-state index >= 15 is 0 Å². The highest BCUT2D eigenvalue weighted by Crippen LogP contribution is 2.63. The van der Waals surface area contributed by atoms with Crippen LogP contribution in [0.15, 0.2) is 69.6 Å². The van der Waals surface area contributed by atoms with Crippen LogP contribution in [0.3, 0.4) is 0 Å². The first kappa shape index (κ1) is 78.6. The van der Waals surface area contributed by atoms with Crippen LogP contribution in [-0.2, 0) is 81.7 Å². The molecule has 5 heterocycles. The lowest BCUT2D eigenvalue weighted by molar-refractivity contribution is -0.265. The summed E-state index contributed by atoms with van der Waals surface area (Å²) in [6.07, 6.45) is 15.6. The topological polar surface area (TPSA) is 301 Å². The maximum Gasteiger partial charge on any atom is 0.342 e. The highest BCUT2D eigenvalue weighted by molar-refractivity contribution is 6.39. The molecule has 2 unspecified atom stereocenters. The van der Waals surface area contributed by atoms with Gasteiger partial charge in [0.2, 0.25) is 11.6 Å². The summed E-state index contributed by atoms with van der Waals surface area (Å²) < 4.78 is 53.6. The Labute approximate surface area is 594 Å². The summed E-state index contributed by atoms with van der Waals surface area (Å²) in [5, 5.41) is 23.8. The van der Waals surface area contributed by atoms with E-state index in [-0.39, 0.29) is 134 Å². The molecule has 2 saturated carbocycles. The molecule has 4 aliphatic heterocycles. The quantitative estimate of drug-likeness (QED) is 0.0672. The third-order valence-electron chi connectivity index (χ3n) is 23.6. The maximum atomic E-state index is 14.7. The van der Waals surface area contributed by atoms with E-state index in [1.807, 2.05) is 65.0 Å². The van der Waals surface area contributed by atoms with Gasteiger partial charge < -0.3 is 57.4 Å². The lowest BCUT2D eigenvalue weighted by Crippen LogP contribution is -2.61. The van der Waals surface area contributed by atoms with Gasteiger partial charge in [0.25, 0.3) is 11.7 Å². The van der Waals surface area contributed by atoms with Crippen LogP contribution in [0.2, 0.25) is 0 Å². The highest BCUT2D eigenvalue weighted by atomic mass is 16.6. The Morgan fingerprint density at radius 2 is 1.52 bits per heavy atom. The summed E-state index contributed by atoms with van der Waals surface area (Å²) in [4.78, 5) is 142. The number of carbonyl (C=O) groups is 10. The number of unbranched alkanes of at least 4 members (excludes halogenated alkanes) is 3. The Kier molecular flexibility index (Phi) is 26.4. The number of fused-ring (bicyclic) bond motifs is 7. The number of nitrogens with zero attached hydrogens (tertiary/aromatic N) is 1. The molecule has 2 bridgehead atoms. The molecule has 0 spiro atoms. The number of aliphatic hydroxyl groups is 2. The number of allylic oxidation sites excluding steroid dienone is 7. The number of rotatable bonds is 16. The van der Waals surface area contributed by atoms with E-state index in [1.165, 1.54) is 25.4 Å². The van der Waals surface area contributed by atoms with Crippen molar-refractivity contribution in [2.45, 2.75) is 264 Å². The van der Waals surface area contributed by atoms with Gasteiger partial charge in [0.15, 0.2) is 17.3 Å². The average Bonchev–Trinajstić information content (AvgIpc) is 1.63. The standard InChI is InChI=1S/C79H109NO21/c1-44-22-16-15-17-23-45(2)58(94-11)39-53-30-27-50(7)79(92,101-53)73(88)74(89)80-35-21-20-24-56(80)76(91)99-59(40-57(81)46(3)37-49(6)69(86)72(95-12)68(85)48(5)36-44)47(4)38-51-28-31-52(32-29-51)97-63(83)25-18-13-14-19-26-64(84)98-60-41-77(8)55(33-34-61(77)82)65-67(60)78(9)62(43-93-10)100-75(90)54-42-96-71(66(54)78)70(65)87/h15-17,22-23,37,42,44,47-53,55-56,58-59,62,65,69,72,86,92H,13-14,18-21,24-36,38-41,43H2,1-12H3/t44-,47-,48-,49?,50-,51?,52?,53+,55+,56+,58+,59+,62-,65?,69-,72+,77+,78+,79-/m1/s1. The molecule has 4 aliphatic carbocycles. The van der Waals surface area contributed by atoms with Crippen molar-refractivity contribution in [1.82, 2.24) is 4.90 Å². The van der Waals surface area contributed by atoms with E-state index in [0.717, 1.165) is 5.57 Å². The minimum absolute atomic E-state index is 0.00176. The summed E-state index contributed by atoms with van der Waals surface area (Å²) in [7, 11) is 4.42. The van der Waals surface area contributed by atoms with Crippen LogP contribution in [0.4, 0.5) is 0 Å². The summed E-state index contributed by atoms with van der Waals surface area (Å²) in [6, 6.07) is -1.20. The molecule has 0 radical (unpaired) electrons. The number of ether oxygens (including phenoxy) is 8. The normalized spacial score (nSPS) is 35.3. The number of ketones is 5. The molecular formula is C79H109NO21. The molecule has 0 aromatic carbocycles. The second kappa shape index (κ2) is 33.9. The smallest absolute Gasteiger partial charge is 0.342 e. The molecule has 22 heteroatoms. The molecule has 4 fully saturated rings. The van der Waals surface area contributed by atoms with Crippen molar-refractivity contribution in [2.24, 2.45) is 52.8 Å².